The first-order valence-electron chi connectivity index (χ1n) is 5.32. The van der Waals surface area contributed by atoms with Crippen molar-refractivity contribution in [3.63, 3.8) is 0 Å². The summed E-state index contributed by atoms with van der Waals surface area (Å²) in [7, 11) is 0. The SMILES string of the molecule is Cc1cccn2nc(-c3cccc(Br)c3)nc12. The molecular weight excluding hydrogens is 278 g/mol. The number of benzene rings is 1. The average Bonchev–Trinajstić information content (AvgIpc) is 2.74. The van der Waals surface area contributed by atoms with E-state index in [1.807, 2.05) is 54.0 Å². The molecule has 3 nitrogen and oxygen atoms in total. The molecule has 2 heterocycles. The number of fused-ring (bicyclic) bond motifs is 1. The fourth-order valence-electron chi connectivity index (χ4n) is 1.79. The molecule has 17 heavy (non-hydrogen) atoms. The van der Waals surface area contributed by atoms with Crippen molar-refractivity contribution in [2.24, 2.45) is 0 Å². The molecule has 0 aliphatic rings. The van der Waals surface area contributed by atoms with E-state index in [-0.39, 0.29) is 0 Å². The van der Waals surface area contributed by atoms with E-state index in [2.05, 4.69) is 26.0 Å². The maximum absolute atomic E-state index is 4.55. The van der Waals surface area contributed by atoms with Crippen LogP contribution in [0, 0.1) is 6.92 Å². The van der Waals surface area contributed by atoms with Gasteiger partial charge in [0, 0.05) is 16.2 Å². The van der Waals surface area contributed by atoms with Crippen LogP contribution in [-0.4, -0.2) is 14.6 Å². The quantitative estimate of drug-likeness (QED) is 0.686. The van der Waals surface area contributed by atoms with E-state index in [4.69, 9.17) is 0 Å². The van der Waals surface area contributed by atoms with Crippen molar-refractivity contribution in [3.05, 3.63) is 52.6 Å². The third-order valence-electron chi connectivity index (χ3n) is 2.64. The van der Waals surface area contributed by atoms with E-state index in [0.717, 1.165) is 27.1 Å². The summed E-state index contributed by atoms with van der Waals surface area (Å²) in [5.74, 6) is 0.751. The summed E-state index contributed by atoms with van der Waals surface area (Å²) < 4.78 is 2.84. The van der Waals surface area contributed by atoms with E-state index in [9.17, 15) is 0 Å². The highest BCUT2D eigenvalue weighted by molar-refractivity contribution is 9.10. The lowest BCUT2D eigenvalue weighted by atomic mass is 10.2. The molecule has 0 aliphatic heterocycles. The van der Waals surface area contributed by atoms with Gasteiger partial charge in [0.25, 0.3) is 0 Å². The lowest BCUT2D eigenvalue weighted by Gasteiger charge is -1.94. The van der Waals surface area contributed by atoms with E-state index < -0.39 is 0 Å². The van der Waals surface area contributed by atoms with Gasteiger partial charge >= 0.3 is 0 Å². The van der Waals surface area contributed by atoms with Crippen LogP contribution >= 0.6 is 15.9 Å². The van der Waals surface area contributed by atoms with Crippen LogP contribution in [0.15, 0.2) is 47.1 Å². The minimum atomic E-state index is 0.751. The van der Waals surface area contributed by atoms with E-state index in [1.54, 1.807) is 0 Å². The van der Waals surface area contributed by atoms with E-state index in [1.165, 1.54) is 0 Å². The molecule has 0 N–H and O–H groups in total. The van der Waals surface area contributed by atoms with Gasteiger partial charge in [0.2, 0.25) is 0 Å². The van der Waals surface area contributed by atoms with Crippen molar-refractivity contribution >= 4 is 21.6 Å². The number of pyridine rings is 1. The van der Waals surface area contributed by atoms with Crippen LogP contribution in [-0.2, 0) is 0 Å². The first kappa shape index (κ1) is 10.5. The average molecular weight is 288 g/mol. The van der Waals surface area contributed by atoms with Gasteiger partial charge in [-0.15, -0.1) is 5.10 Å². The molecule has 2 aromatic heterocycles. The third-order valence-corrected chi connectivity index (χ3v) is 3.13. The van der Waals surface area contributed by atoms with Crippen LogP contribution in [0.1, 0.15) is 5.56 Å². The molecule has 3 rings (SSSR count). The van der Waals surface area contributed by atoms with Crippen molar-refractivity contribution < 1.29 is 0 Å². The first-order valence-corrected chi connectivity index (χ1v) is 6.11. The van der Waals surface area contributed by atoms with Crippen LogP contribution in [0.3, 0.4) is 0 Å². The molecule has 4 heteroatoms. The Morgan fingerprint density at radius 1 is 1.18 bits per heavy atom. The minimum absolute atomic E-state index is 0.751. The molecular formula is C13H10BrN3. The Bertz CT molecular complexity index is 688. The van der Waals surface area contributed by atoms with Crippen molar-refractivity contribution in [1.29, 1.82) is 0 Å². The number of hydrogen-bond donors (Lipinski definition) is 0. The zero-order valence-electron chi connectivity index (χ0n) is 9.26. The van der Waals surface area contributed by atoms with E-state index in [0.29, 0.717) is 0 Å². The zero-order chi connectivity index (χ0) is 11.8. The lowest BCUT2D eigenvalue weighted by Crippen LogP contribution is -1.87. The molecule has 0 saturated carbocycles. The molecule has 0 saturated heterocycles. The molecule has 1 aromatic carbocycles. The second kappa shape index (κ2) is 3.96. The maximum atomic E-state index is 4.55. The van der Waals surface area contributed by atoms with Gasteiger partial charge in [-0.3, -0.25) is 0 Å². The van der Waals surface area contributed by atoms with Crippen LogP contribution < -0.4 is 0 Å². The zero-order valence-corrected chi connectivity index (χ0v) is 10.8. The van der Waals surface area contributed by atoms with Crippen molar-refractivity contribution in [1.82, 2.24) is 14.6 Å². The summed E-state index contributed by atoms with van der Waals surface area (Å²) in [5, 5.41) is 4.47. The fraction of sp³-hybridized carbons (Fsp3) is 0.0769. The standard InChI is InChI=1S/C13H10BrN3/c1-9-4-3-7-17-13(9)15-12(16-17)10-5-2-6-11(14)8-10/h2-8H,1H3. The summed E-state index contributed by atoms with van der Waals surface area (Å²) in [6, 6.07) is 12.0. The minimum Gasteiger partial charge on any atom is -0.220 e. The number of hydrogen-bond acceptors (Lipinski definition) is 2. The summed E-state index contributed by atoms with van der Waals surface area (Å²) in [6.45, 7) is 2.04. The molecule has 0 spiro atoms. The molecule has 0 amide bonds. The summed E-state index contributed by atoms with van der Waals surface area (Å²) >= 11 is 3.46. The summed E-state index contributed by atoms with van der Waals surface area (Å²) in [5.41, 5.74) is 3.05. The van der Waals surface area contributed by atoms with Gasteiger partial charge in [-0.25, -0.2) is 9.50 Å². The van der Waals surface area contributed by atoms with Crippen LogP contribution in [0.25, 0.3) is 17.0 Å². The second-order valence-corrected chi connectivity index (χ2v) is 4.82. The Labute approximate surface area is 107 Å². The summed E-state index contributed by atoms with van der Waals surface area (Å²) in [6.07, 6.45) is 1.91. The van der Waals surface area contributed by atoms with Gasteiger partial charge in [-0.1, -0.05) is 34.1 Å². The van der Waals surface area contributed by atoms with Crippen LogP contribution in [0.4, 0.5) is 0 Å². The highest BCUT2D eigenvalue weighted by Gasteiger charge is 2.07. The molecule has 0 aliphatic carbocycles. The van der Waals surface area contributed by atoms with Crippen molar-refractivity contribution in [3.8, 4) is 11.4 Å². The predicted molar refractivity (Wildman–Crippen MR) is 70.9 cm³/mol. The molecule has 0 unspecified atom stereocenters. The Balaban J connectivity index is 2.22. The Morgan fingerprint density at radius 2 is 2.06 bits per heavy atom. The maximum Gasteiger partial charge on any atom is 0.182 e. The summed E-state index contributed by atoms with van der Waals surface area (Å²) in [4.78, 5) is 4.55. The van der Waals surface area contributed by atoms with Crippen molar-refractivity contribution in [2.45, 2.75) is 6.92 Å². The second-order valence-electron chi connectivity index (χ2n) is 3.91. The van der Waals surface area contributed by atoms with Crippen LogP contribution in [0.5, 0.6) is 0 Å². The fourth-order valence-corrected chi connectivity index (χ4v) is 2.19. The first-order chi connectivity index (χ1) is 8.24. The van der Waals surface area contributed by atoms with Gasteiger partial charge < -0.3 is 0 Å². The highest BCUT2D eigenvalue weighted by atomic mass is 79.9. The normalized spacial score (nSPS) is 10.9. The molecule has 0 fully saturated rings. The van der Waals surface area contributed by atoms with Crippen LogP contribution in [0.2, 0.25) is 0 Å². The van der Waals surface area contributed by atoms with Gasteiger partial charge in [-0.05, 0) is 30.7 Å². The number of aryl methyl sites for hydroxylation is 1. The monoisotopic (exact) mass is 287 g/mol. The number of aromatic nitrogens is 3. The van der Waals surface area contributed by atoms with Gasteiger partial charge in [-0.2, -0.15) is 0 Å². The molecule has 0 atom stereocenters. The molecule has 0 radical (unpaired) electrons. The van der Waals surface area contributed by atoms with Gasteiger partial charge in [0.05, 0.1) is 0 Å². The Morgan fingerprint density at radius 3 is 2.82 bits per heavy atom. The third kappa shape index (κ3) is 1.85. The smallest absolute Gasteiger partial charge is 0.182 e. The highest BCUT2D eigenvalue weighted by Crippen LogP contribution is 2.21. The Kier molecular flexibility index (Phi) is 2.44. The van der Waals surface area contributed by atoms with E-state index >= 15 is 0 Å². The number of nitrogens with zero attached hydrogens (tertiary/aromatic N) is 3. The van der Waals surface area contributed by atoms with Crippen molar-refractivity contribution in [2.75, 3.05) is 0 Å². The topological polar surface area (TPSA) is 30.2 Å². The van der Waals surface area contributed by atoms with Gasteiger partial charge in [0.1, 0.15) is 0 Å². The predicted octanol–water partition coefficient (Wildman–Crippen LogP) is 3.47. The number of halogens is 1. The lowest BCUT2D eigenvalue weighted by molar-refractivity contribution is 0.960. The molecule has 3 aromatic rings. The molecule has 0 bridgehead atoms. The largest absolute Gasteiger partial charge is 0.220 e. The molecule has 84 valence electrons. The van der Waals surface area contributed by atoms with Gasteiger partial charge in [0.15, 0.2) is 11.5 Å². The number of rotatable bonds is 1. The Hall–Kier alpha value is -1.68.